The molecule has 1 unspecified atom stereocenters. The molecule has 0 spiro atoms. The van der Waals surface area contributed by atoms with E-state index >= 15 is 0 Å². The standard InChI is InChI=1S/C16H14N4O3/c21-15(19-8-5-12(10-19)20-17-6-7-18-20)13-9-11-3-1-2-4-14(11)23-16(13)22/h1-4,6-7,9,12H,5,8,10H2. The van der Waals surface area contributed by atoms with Crippen LogP contribution in [0.25, 0.3) is 11.0 Å². The minimum atomic E-state index is -0.602. The van der Waals surface area contributed by atoms with Crippen LogP contribution in [0.4, 0.5) is 0 Å². The van der Waals surface area contributed by atoms with E-state index in [-0.39, 0.29) is 17.5 Å². The van der Waals surface area contributed by atoms with Crippen LogP contribution in [-0.4, -0.2) is 38.9 Å². The van der Waals surface area contributed by atoms with Gasteiger partial charge in [0.2, 0.25) is 0 Å². The lowest BCUT2D eigenvalue weighted by molar-refractivity contribution is 0.0782. The third kappa shape index (κ3) is 2.40. The fourth-order valence-corrected chi connectivity index (χ4v) is 2.91. The highest BCUT2D eigenvalue weighted by Gasteiger charge is 2.30. The summed E-state index contributed by atoms with van der Waals surface area (Å²) < 4.78 is 5.24. The molecule has 0 N–H and O–H groups in total. The molecular weight excluding hydrogens is 296 g/mol. The van der Waals surface area contributed by atoms with E-state index in [0.29, 0.717) is 18.7 Å². The number of carbonyl (C=O) groups excluding carboxylic acids is 1. The summed E-state index contributed by atoms with van der Waals surface area (Å²) in [5, 5.41) is 8.96. The van der Waals surface area contributed by atoms with Crippen molar-refractivity contribution in [3.05, 3.63) is 58.7 Å². The van der Waals surface area contributed by atoms with Crippen LogP contribution in [0, 0.1) is 0 Å². The summed E-state index contributed by atoms with van der Waals surface area (Å²) in [5.74, 6) is -0.306. The molecule has 3 heterocycles. The van der Waals surface area contributed by atoms with Crippen LogP contribution in [0.15, 0.2) is 51.9 Å². The fraction of sp³-hybridized carbons (Fsp3) is 0.250. The number of aromatic nitrogens is 3. The number of likely N-dealkylation sites (tertiary alicyclic amines) is 1. The number of benzene rings is 1. The lowest BCUT2D eigenvalue weighted by atomic mass is 10.1. The van der Waals surface area contributed by atoms with Crippen LogP contribution in [0.3, 0.4) is 0 Å². The number of hydrogen-bond donors (Lipinski definition) is 0. The molecule has 4 rings (SSSR count). The third-order valence-electron chi connectivity index (χ3n) is 4.09. The first kappa shape index (κ1) is 13.7. The summed E-state index contributed by atoms with van der Waals surface area (Å²) in [6.07, 6.45) is 3.99. The van der Waals surface area contributed by atoms with E-state index in [4.69, 9.17) is 4.42 Å². The maximum atomic E-state index is 12.6. The van der Waals surface area contributed by atoms with Gasteiger partial charge in [-0.1, -0.05) is 18.2 Å². The van der Waals surface area contributed by atoms with Crippen LogP contribution in [0.1, 0.15) is 22.8 Å². The molecule has 1 aliphatic rings. The van der Waals surface area contributed by atoms with E-state index in [2.05, 4.69) is 10.2 Å². The molecule has 116 valence electrons. The smallest absolute Gasteiger partial charge is 0.349 e. The second kappa shape index (κ2) is 5.35. The Labute approximate surface area is 131 Å². The lowest BCUT2D eigenvalue weighted by Gasteiger charge is -2.15. The molecule has 1 aliphatic heterocycles. The maximum absolute atomic E-state index is 12.6. The van der Waals surface area contributed by atoms with E-state index < -0.39 is 5.63 Å². The molecule has 1 aromatic carbocycles. The molecule has 2 aromatic heterocycles. The molecule has 7 nitrogen and oxygen atoms in total. The van der Waals surface area contributed by atoms with Gasteiger partial charge in [0, 0.05) is 18.5 Å². The number of carbonyl (C=O) groups is 1. The van der Waals surface area contributed by atoms with E-state index in [1.807, 2.05) is 12.1 Å². The van der Waals surface area contributed by atoms with Crippen molar-refractivity contribution in [2.45, 2.75) is 12.5 Å². The van der Waals surface area contributed by atoms with Gasteiger partial charge in [-0.25, -0.2) is 4.79 Å². The van der Waals surface area contributed by atoms with Gasteiger partial charge >= 0.3 is 5.63 Å². The summed E-state index contributed by atoms with van der Waals surface area (Å²) in [4.78, 5) is 28.0. The molecule has 0 radical (unpaired) electrons. The summed E-state index contributed by atoms with van der Waals surface area (Å²) >= 11 is 0. The molecule has 7 heteroatoms. The highest BCUT2D eigenvalue weighted by molar-refractivity contribution is 5.96. The van der Waals surface area contributed by atoms with Crippen molar-refractivity contribution in [1.29, 1.82) is 0 Å². The molecule has 1 saturated heterocycles. The van der Waals surface area contributed by atoms with E-state index in [1.54, 1.807) is 40.3 Å². The van der Waals surface area contributed by atoms with Crippen molar-refractivity contribution in [3.63, 3.8) is 0 Å². The summed E-state index contributed by atoms with van der Waals surface area (Å²) in [7, 11) is 0. The van der Waals surface area contributed by atoms with Gasteiger partial charge in [-0.2, -0.15) is 15.0 Å². The van der Waals surface area contributed by atoms with Crippen molar-refractivity contribution < 1.29 is 9.21 Å². The molecule has 1 atom stereocenters. The van der Waals surface area contributed by atoms with Crippen LogP contribution in [0.2, 0.25) is 0 Å². The van der Waals surface area contributed by atoms with Gasteiger partial charge in [0.1, 0.15) is 11.1 Å². The Hall–Kier alpha value is -2.96. The van der Waals surface area contributed by atoms with Gasteiger partial charge in [-0.05, 0) is 18.6 Å². The second-order valence-electron chi connectivity index (χ2n) is 5.53. The van der Waals surface area contributed by atoms with Crippen molar-refractivity contribution in [2.24, 2.45) is 0 Å². The summed E-state index contributed by atoms with van der Waals surface area (Å²) in [6, 6.07) is 8.79. The number of amides is 1. The molecule has 0 aliphatic carbocycles. The zero-order valence-electron chi connectivity index (χ0n) is 12.3. The van der Waals surface area contributed by atoms with Gasteiger partial charge in [0.25, 0.3) is 5.91 Å². The number of hydrogen-bond acceptors (Lipinski definition) is 5. The monoisotopic (exact) mass is 310 g/mol. The Bertz CT molecular complexity index is 916. The summed E-state index contributed by atoms with van der Waals surface area (Å²) in [6.45, 7) is 1.05. The minimum absolute atomic E-state index is 0.0430. The van der Waals surface area contributed by atoms with Crippen LogP contribution >= 0.6 is 0 Å². The highest BCUT2D eigenvalue weighted by atomic mass is 16.4. The first-order valence-electron chi connectivity index (χ1n) is 7.40. The van der Waals surface area contributed by atoms with Gasteiger partial charge in [-0.15, -0.1) is 0 Å². The number of nitrogens with zero attached hydrogens (tertiary/aromatic N) is 4. The van der Waals surface area contributed by atoms with E-state index in [0.717, 1.165) is 11.8 Å². The quantitative estimate of drug-likeness (QED) is 0.670. The molecule has 3 aromatic rings. The van der Waals surface area contributed by atoms with Gasteiger partial charge < -0.3 is 9.32 Å². The third-order valence-corrected chi connectivity index (χ3v) is 4.09. The second-order valence-corrected chi connectivity index (χ2v) is 5.53. The maximum Gasteiger partial charge on any atom is 0.349 e. The fourth-order valence-electron chi connectivity index (χ4n) is 2.91. The zero-order chi connectivity index (χ0) is 15.8. The molecule has 1 fully saturated rings. The predicted molar refractivity (Wildman–Crippen MR) is 82.1 cm³/mol. The molecular formula is C16H14N4O3. The minimum Gasteiger partial charge on any atom is -0.422 e. The van der Waals surface area contributed by atoms with Gasteiger partial charge in [0.05, 0.1) is 18.4 Å². The van der Waals surface area contributed by atoms with Gasteiger partial charge in [0.15, 0.2) is 0 Å². The molecule has 1 amide bonds. The SMILES string of the molecule is O=C(c1cc2ccccc2oc1=O)N1CCC(n2nccn2)C1. The number of para-hydroxylation sites is 1. The number of rotatable bonds is 2. The lowest BCUT2D eigenvalue weighted by Crippen LogP contribution is -2.32. The average molecular weight is 310 g/mol. The van der Waals surface area contributed by atoms with Gasteiger partial charge in [-0.3, -0.25) is 4.79 Å². The highest BCUT2D eigenvalue weighted by Crippen LogP contribution is 2.22. The van der Waals surface area contributed by atoms with Crippen molar-refractivity contribution in [2.75, 3.05) is 13.1 Å². The largest absolute Gasteiger partial charge is 0.422 e. The Morgan fingerprint density at radius 1 is 1.22 bits per heavy atom. The van der Waals surface area contributed by atoms with Crippen molar-refractivity contribution in [1.82, 2.24) is 19.9 Å². The van der Waals surface area contributed by atoms with Crippen LogP contribution in [0.5, 0.6) is 0 Å². The molecule has 0 saturated carbocycles. The normalized spacial score (nSPS) is 17.7. The zero-order valence-corrected chi connectivity index (χ0v) is 12.3. The van der Waals surface area contributed by atoms with Crippen molar-refractivity contribution in [3.8, 4) is 0 Å². The van der Waals surface area contributed by atoms with Crippen LogP contribution < -0.4 is 5.63 Å². The Balaban J connectivity index is 1.62. The Morgan fingerprint density at radius 2 is 2.00 bits per heavy atom. The molecule has 0 bridgehead atoms. The molecule has 23 heavy (non-hydrogen) atoms. The van der Waals surface area contributed by atoms with E-state index in [9.17, 15) is 9.59 Å². The topological polar surface area (TPSA) is 81.2 Å². The van der Waals surface area contributed by atoms with Crippen molar-refractivity contribution >= 4 is 16.9 Å². The first-order chi connectivity index (χ1) is 11.2. The number of fused-ring (bicyclic) bond motifs is 1. The Morgan fingerprint density at radius 3 is 2.83 bits per heavy atom. The first-order valence-corrected chi connectivity index (χ1v) is 7.40. The predicted octanol–water partition coefficient (Wildman–Crippen LogP) is 1.47. The van der Waals surface area contributed by atoms with Crippen LogP contribution in [-0.2, 0) is 0 Å². The Kier molecular flexibility index (Phi) is 3.18. The van der Waals surface area contributed by atoms with E-state index in [1.165, 1.54) is 0 Å². The average Bonchev–Trinajstić information content (AvgIpc) is 3.24. The summed E-state index contributed by atoms with van der Waals surface area (Å²) in [5.41, 5.74) is -0.0544.